The lowest BCUT2D eigenvalue weighted by Gasteiger charge is -2.27. The monoisotopic (exact) mass is 365 g/mol. The Morgan fingerprint density at radius 1 is 1.30 bits per heavy atom. The van der Waals surface area contributed by atoms with Crippen LogP contribution in [0, 0.1) is 5.92 Å². The molecular weight excluding hydrogens is 342 g/mol. The third kappa shape index (κ3) is 2.75. The highest BCUT2D eigenvalue weighted by atomic mass is 16.2. The minimum absolute atomic E-state index is 0.0578. The summed E-state index contributed by atoms with van der Waals surface area (Å²) in [6.07, 6.45) is 7.04. The molecule has 2 aliphatic rings. The molecule has 3 aromatic heterocycles. The molecular formula is C19H23N7O. The maximum Gasteiger partial charge on any atom is 0.270 e. The van der Waals surface area contributed by atoms with Crippen LogP contribution in [0.25, 0.3) is 11.5 Å². The molecule has 8 heteroatoms. The predicted molar refractivity (Wildman–Crippen MR) is 98.8 cm³/mol. The molecule has 1 aliphatic heterocycles. The van der Waals surface area contributed by atoms with Crippen LogP contribution >= 0.6 is 0 Å². The van der Waals surface area contributed by atoms with E-state index in [4.69, 9.17) is 5.10 Å². The second-order valence-corrected chi connectivity index (χ2v) is 7.63. The standard InChI is InChI=1S/C19H23N7O/c1-23-8-3-4-16(23)19(27)25-9-7-15-14(11-25)17(22-24(15)2)18-21-20-12-26(18)10-13-5-6-13/h3-4,8,12-13H,5-7,9-11H2,1-2H3. The van der Waals surface area contributed by atoms with Crippen LogP contribution in [-0.4, -0.2) is 46.5 Å². The normalized spacial score (nSPS) is 16.6. The third-order valence-corrected chi connectivity index (χ3v) is 5.67. The lowest BCUT2D eigenvalue weighted by molar-refractivity contribution is 0.0724. The second-order valence-electron chi connectivity index (χ2n) is 7.63. The Morgan fingerprint density at radius 3 is 2.89 bits per heavy atom. The lowest BCUT2D eigenvalue weighted by Crippen LogP contribution is -2.37. The van der Waals surface area contributed by atoms with E-state index in [9.17, 15) is 4.79 Å². The summed E-state index contributed by atoms with van der Waals surface area (Å²) in [5.41, 5.74) is 3.84. The van der Waals surface area contributed by atoms with Crippen molar-refractivity contribution in [2.24, 2.45) is 20.0 Å². The molecule has 5 rings (SSSR count). The first-order valence-electron chi connectivity index (χ1n) is 9.45. The highest BCUT2D eigenvalue weighted by Crippen LogP contribution is 2.33. The molecule has 4 heterocycles. The zero-order valence-electron chi connectivity index (χ0n) is 15.7. The van der Waals surface area contributed by atoms with Gasteiger partial charge in [0, 0.05) is 51.1 Å². The first-order valence-corrected chi connectivity index (χ1v) is 9.45. The minimum atomic E-state index is 0.0578. The van der Waals surface area contributed by atoms with Gasteiger partial charge in [0.15, 0.2) is 5.82 Å². The van der Waals surface area contributed by atoms with E-state index < -0.39 is 0 Å². The fourth-order valence-electron chi connectivity index (χ4n) is 3.94. The lowest BCUT2D eigenvalue weighted by atomic mass is 10.0. The molecule has 0 radical (unpaired) electrons. The van der Waals surface area contributed by atoms with E-state index in [0.717, 1.165) is 36.0 Å². The molecule has 1 aliphatic carbocycles. The van der Waals surface area contributed by atoms with Crippen LogP contribution in [0.5, 0.6) is 0 Å². The van der Waals surface area contributed by atoms with Crippen LogP contribution in [0.15, 0.2) is 24.7 Å². The van der Waals surface area contributed by atoms with Crippen molar-refractivity contribution in [3.8, 4) is 11.5 Å². The van der Waals surface area contributed by atoms with Crippen molar-refractivity contribution >= 4 is 5.91 Å². The van der Waals surface area contributed by atoms with Crippen molar-refractivity contribution in [2.45, 2.75) is 32.4 Å². The second kappa shape index (κ2) is 6.07. The fourth-order valence-corrected chi connectivity index (χ4v) is 3.94. The molecule has 0 atom stereocenters. The summed E-state index contributed by atoms with van der Waals surface area (Å²) in [5.74, 6) is 1.60. The topological polar surface area (TPSA) is 73.8 Å². The van der Waals surface area contributed by atoms with Crippen molar-refractivity contribution in [2.75, 3.05) is 6.54 Å². The first kappa shape index (κ1) is 16.3. The average molecular weight is 365 g/mol. The van der Waals surface area contributed by atoms with E-state index in [0.29, 0.717) is 18.8 Å². The fraction of sp³-hybridized carbons (Fsp3) is 0.474. The van der Waals surface area contributed by atoms with Gasteiger partial charge in [-0.15, -0.1) is 10.2 Å². The zero-order valence-corrected chi connectivity index (χ0v) is 15.7. The Morgan fingerprint density at radius 2 is 2.15 bits per heavy atom. The summed E-state index contributed by atoms with van der Waals surface area (Å²) in [6, 6.07) is 3.77. The number of aromatic nitrogens is 6. The number of amides is 1. The van der Waals surface area contributed by atoms with Gasteiger partial charge in [-0.2, -0.15) is 5.10 Å². The number of aryl methyl sites for hydroxylation is 2. The Balaban J connectivity index is 1.48. The number of fused-ring (bicyclic) bond motifs is 1. The molecule has 0 bridgehead atoms. The summed E-state index contributed by atoms with van der Waals surface area (Å²) >= 11 is 0. The van der Waals surface area contributed by atoms with Gasteiger partial charge in [-0.3, -0.25) is 9.48 Å². The van der Waals surface area contributed by atoms with Crippen LogP contribution in [0.3, 0.4) is 0 Å². The zero-order chi connectivity index (χ0) is 18.5. The molecule has 0 unspecified atom stereocenters. The van der Waals surface area contributed by atoms with Gasteiger partial charge in [-0.05, 0) is 30.9 Å². The summed E-state index contributed by atoms with van der Waals surface area (Å²) in [6.45, 7) is 2.20. The molecule has 0 spiro atoms. The number of carbonyl (C=O) groups excluding carboxylic acids is 1. The summed E-state index contributed by atoms with van der Waals surface area (Å²) in [7, 11) is 3.87. The number of hydrogen-bond donors (Lipinski definition) is 0. The molecule has 27 heavy (non-hydrogen) atoms. The number of nitrogens with zero attached hydrogens (tertiary/aromatic N) is 7. The van der Waals surface area contributed by atoms with E-state index in [2.05, 4.69) is 14.8 Å². The summed E-state index contributed by atoms with van der Waals surface area (Å²) in [5, 5.41) is 13.2. The van der Waals surface area contributed by atoms with Crippen LogP contribution in [0.1, 0.15) is 34.6 Å². The van der Waals surface area contributed by atoms with Gasteiger partial charge in [0.05, 0.1) is 6.54 Å². The van der Waals surface area contributed by atoms with Gasteiger partial charge < -0.3 is 14.0 Å². The van der Waals surface area contributed by atoms with E-state index in [1.165, 1.54) is 18.5 Å². The van der Waals surface area contributed by atoms with E-state index in [1.54, 1.807) is 6.33 Å². The third-order valence-electron chi connectivity index (χ3n) is 5.67. The predicted octanol–water partition coefficient (Wildman–Crippen LogP) is 1.63. The van der Waals surface area contributed by atoms with Gasteiger partial charge in [0.2, 0.25) is 0 Å². The van der Waals surface area contributed by atoms with Crippen molar-refractivity contribution in [1.29, 1.82) is 0 Å². The van der Waals surface area contributed by atoms with Crippen LogP contribution in [0.4, 0.5) is 0 Å². The molecule has 1 amide bonds. The van der Waals surface area contributed by atoms with Gasteiger partial charge in [0.1, 0.15) is 17.7 Å². The Kier molecular flexibility index (Phi) is 3.66. The van der Waals surface area contributed by atoms with Crippen molar-refractivity contribution in [1.82, 2.24) is 34.0 Å². The van der Waals surface area contributed by atoms with E-state index in [1.807, 2.05) is 46.6 Å². The number of rotatable bonds is 4. The van der Waals surface area contributed by atoms with E-state index in [-0.39, 0.29) is 5.91 Å². The Hall–Kier alpha value is -2.90. The molecule has 3 aromatic rings. The molecule has 0 saturated heterocycles. The van der Waals surface area contributed by atoms with Crippen molar-refractivity contribution in [3.63, 3.8) is 0 Å². The van der Waals surface area contributed by atoms with Gasteiger partial charge in [-0.25, -0.2) is 0 Å². The van der Waals surface area contributed by atoms with Gasteiger partial charge >= 0.3 is 0 Å². The molecule has 0 N–H and O–H groups in total. The van der Waals surface area contributed by atoms with Gasteiger partial charge in [0.25, 0.3) is 5.91 Å². The average Bonchev–Trinajstić information content (AvgIpc) is 3.04. The molecule has 8 nitrogen and oxygen atoms in total. The Labute approximate surface area is 157 Å². The summed E-state index contributed by atoms with van der Waals surface area (Å²) < 4.78 is 5.91. The minimum Gasteiger partial charge on any atom is -0.347 e. The highest BCUT2D eigenvalue weighted by Gasteiger charge is 2.31. The van der Waals surface area contributed by atoms with Crippen LogP contribution in [-0.2, 0) is 33.6 Å². The maximum absolute atomic E-state index is 13.0. The summed E-state index contributed by atoms with van der Waals surface area (Å²) in [4.78, 5) is 14.9. The highest BCUT2D eigenvalue weighted by molar-refractivity contribution is 5.93. The quantitative estimate of drug-likeness (QED) is 0.704. The number of carbonyl (C=O) groups is 1. The number of hydrogen-bond acceptors (Lipinski definition) is 4. The smallest absolute Gasteiger partial charge is 0.270 e. The van der Waals surface area contributed by atoms with Crippen LogP contribution in [0.2, 0.25) is 0 Å². The Bertz CT molecular complexity index is 1010. The largest absolute Gasteiger partial charge is 0.347 e. The molecule has 1 saturated carbocycles. The van der Waals surface area contributed by atoms with E-state index >= 15 is 0 Å². The van der Waals surface area contributed by atoms with Crippen molar-refractivity contribution < 1.29 is 4.79 Å². The first-order chi connectivity index (χ1) is 13.1. The molecule has 140 valence electrons. The molecule has 1 fully saturated rings. The van der Waals surface area contributed by atoms with Gasteiger partial charge in [-0.1, -0.05) is 0 Å². The van der Waals surface area contributed by atoms with Crippen LogP contribution < -0.4 is 0 Å². The molecule has 0 aromatic carbocycles. The van der Waals surface area contributed by atoms with Crippen molar-refractivity contribution in [3.05, 3.63) is 41.6 Å². The maximum atomic E-state index is 13.0. The SMILES string of the molecule is Cn1cccc1C(=O)N1CCc2c(c(-c3nncn3CC3CC3)nn2C)C1.